The Labute approximate surface area is 109 Å². The van der Waals surface area contributed by atoms with Gasteiger partial charge in [0.1, 0.15) is 5.82 Å². The van der Waals surface area contributed by atoms with E-state index in [4.69, 9.17) is 0 Å². The molecule has 0 amide bonds. The van der Waals surface area contributed by atoms with Crippen molar-refractivity contribution in [1.29, 1.82) is 0 Å². The molecule has 0 aromatic carbocycles. The zero-order chi connectivity index (χ0) is 12.2. The zero-order valence-corrected chi connectivity index (χ0v) is 11.2. The maximum atomic E-state index is 4.43. The SMILES string of the molecule is Cn1ccnc1CNC12CC3CC(CC(C3)C1)C2. The number of aryl methyl sites for hydroxylation is 1. The van der Waals surface area contributed by atoms with Gasteiger partial charge in [0.15, 0.2) is 0 Å². The van der Waals surface area contributed by atoms with Crippen LogP contribution in [0.1, 0.15) is 44.3 Å². The summed E-state index contributed by atoms with van der Waals surface area (Å²) in [4.78, 5) is 4.43. The Hall–Kier alpha value is -0.830. The average molecular weight is 245 g/mol. The molecule has 0 spiro atoms. The molecule has 0 unspecified atom stereocenters. The molecule has 5 rings (SSSR count). The third-order valence-corrected chi connectivity index (χ3v) is 5.58. The predicted molar refractivity (Wildman–Crippen MR) is 71.0 cm³/mol. The predicted octanol–water partition coefficient (Wildman–Crippen LogP) is 2.48. The maximum absolute atomic E-state index is 4.43. The molecule has 0 aliphatic heterocycles. The van der Waals surface area contributed by atoms with Gasteiger partial charge in [-0.2, -0.15) is 0 Å². The second-order valence-corrected chi connectivity index (χ2v) is 7.01. The molecule has 4 fully saturated rings. The van der Waals surface area contributed by atoms with Crippen molar-refractivity contribution < 1.29 is 0 Å². The van der Waals surface area contributed by atoms with E-state index < -0.39 is 0 Å². The first-order valence-corrected chi connectivity index (χ1v) is 7.44. The number of imidazole rings is 1. The summed E-state index contributed by atoms with van der Waals surface area (Å²) in [6.45, 7) is 0.940. The molecule has 3 nitrogen and oxygen atoms in total. The van der Waals surface area contributed by atoms with Gasteiger partial charge in [-0.15, -0.1) is 0 Å². The van der Waals surface area contributed by atoms with Crippen molar-refractivity contribution in [3.05, 3.63) is 18.2 Å². The van der Waals surface area contributed by atoms with E-state index in [9.17, 15) is 0 Å². The number of hydrogen-bond donors (Lipinski definition) is 1. The van der Waals surface area contributed by atoms with Crippen LogP contribution in [0.15, 0.2) is 12.4 Å². The van der Waals surface area contributed by atoms with Gasteiger partial charge in [-0.3, -0.25) is 0 Å². The van der Waals surface area contributed by atoms with Gasteiger partial charge in [-0.1, -0.05) is 0 Å². The van der Waals surface area contributed by atoms with Crippen molar-refractivity contribution in [3.63, 3.8) is 0 Å². The summed E-state index contributed by atoms with van der Waals surface area (Å²) in [7, 11) is 2.09. The van der Waals surface area contributed by atoms with Gasteiger partial charge in [0, 0.05) is 25.0 Å². The monoisotopic (exact) mass is 245 g/mol. The second kappa shape index (κ2) is 3.83. The quantitative estimate of drug-likeness (QED) is 0.886. The van der Waals surface area contributed by atoms with Crippen LogP contribution in [0.3, 0.4) is 0 Å². The largest absolute Gasteiger partial charge is 0.337 e. The second-order valence-electron chi connectivity index (χ2n) is 7.01. The van der Waals surface area contributed by atoms with Crippen LogP contribution < -0.4 is 5.32 Å². The van der Waals surface area contributed by atoms with E-state index in [-0.39, 0.29) is 0 Å². The molecule has 0 radical (unpaired) electrons. The highest BCUT2D eigenvalue weighted by molar-refractivity contribution is 5.07. The summed E-state index contributed by atoms with van der Waals surface area (Å²) in [6.07, 6.45) is 12.7. The summed E-state index contributed by atoms with van der Waals surface area (Å²) < 4.78 is 2.13. The minimum Gasteiger partial charge on any atom is -0.337 e. The number of nitrogens with one attached hydrogen (secondary N) is 1. The van der Waals surface area contributed by atoms with Crippen LogP contribution in [0.5, 0.6) is 0 Å². The molecule has 1 heterocycles. The topological polar surface area (TPSA) is 29.9 Å². The molecule has 18 heavy (non-hydrogen) atoms. The number of rotatable bonds is 3. The van der Waals surface area contributed by atoms with E-state index >= 15 is 0 Å². The molecular weight excluding hydrogens is 222 g/mol. The lowest BCUT2D eigenvalue weighted by Crippen LogP contribution is -2.58. The highest BCUT2D eigenvalue weighted by Crippen LogP contribution is 2.55. The minimum atomic E-state index is 0.459. The van der Waals surface area contributed by atoms with Gasteiger partial charge in [0.2, 0.25) is 0 Å². The molecule has 1 aromatic rings. The lowest BCUT2D eigenvalue weighted by atomic mass is 9.53. The Morgan fingerprint density at radius 3 is 2.33 bits per heavy atom. The van der Waals surface area contributed by atoms with E-state index in [1.165, 1.54) is 44.3 Å². The maximum Gasteiger partial charge on any atom is 0.122 e. The van der Waals surface area contributed by atoms with Gasteiger partial charge in [0.25, 0.3) is 0 Å². The van der Waals surface area contributed by atoms with E-state index in [1.54, 1.807) is 0 Å². The third-order valence-electron chi connectivity index (χ3n) is 5.58. The number of aromatic nitrogens is 2. The van der Waals surface area contributed by atoms with Crippen LogP contribution in [-0.2, 0) is 13.6 Å². The smallest absolute Gasteiger partial charge is 0.122 e. The van der Waals surface area contributed by atoms with Crippen molar-refractivity contribution in [1.82, 2.24) is 14.9 Å². The van der Waals surface area contributed by atoms with Gasteiger partial charge in [-0.25, -0.2) is 4.98 Å². The molecular formula is C15H23N3. The molecule has 98 valence electrons. The first-order valence-electron chi connectivity index (χ1n) is 7.44. The van der Waals surface area contributed by atoms with Gasteiger partial charge < -0.3 is 9.88 Å². The van der Waals surface area contributed by atoms with Crippen LogP contribution in [-0.4, -0.2) is 15.1 Å². The first-order chi connectivity index (χ1) is 8.72. The Kier molecular flexibility index (Phi) is 2.35. The average Bonchev–Trinajstić information content (AvgIpc) is 2.70. The fourth-order valence-electron chi connectivity index (χ4n) is 5.16. The van der Waals surface area contributed by atoms with E-state index in [0.29, 0.717) is 5.54 Å². The Bertz CT molecular complexity index is 413. The van der Waals surface area contributed by atoms with E-state index in [2.05, 4.69) is 21.9 Å². The van der Waals surface area contributed by atoms with Crippen molar-refractivity contribution in [2.24, 2.45) is 24.8 Å². The van der Waals surface area contributed by atoms with Crippen molar-refractivity contribution >= 4 is 0 Å². The summed E-state index contributed by atoms with van der Waals surface area (Å²) in [5, 5.41) is 3.89. The van der Waals surface area contributed by atoms with Crippen molar-refractivity contribution in [3.8, 4) is 0 Å². The van der Waals surface area contributed by atoms with Crippen molar-refractivity contribution in [2.45, 2.75) is 50.6 Å². The van der Waals surface area contributed by atoms with Crippen LogP contribution in [0, 0.1) is 17.8 Å². The summed E-state index contributed by atoms with van der Waals surface area (Å²) in [5.74, 6) is 4.23. The van der Waals surface area contributed by atoms with E-state index in [0.717, 1.165) is 24.3 Å². The molecule has 0 saturated heterocycles. The van der Waals surface area contributed by atoms with Crippen LogP contribution in [0.2, 0.25) is 0 Å². The molecule has 4 aliphatic rings. The number of hydrogen-bond acceptors (Lipinski definition) is 2. The lowest BCUT2D eigenvalue weighted by Gasteiger charge is -2.57. The summed E-state index contributed by atoms with van der Waals surface area (Å²) >= 11 is 0. The number of nitrogens with zero attached hydrogens (tertiary/aromatic N) is 2. The first kappa shape index (κ1) is 11.0. The van der Waals surface area contributed by atoms with Crippen molar-refractivity contribution in [2.75, 3.05) is 0 Å². The van der Waals surface area contributed by atoms with E-state index in [1.807, 2.05) is 12.4 Å². The minimum absolute atomic E-state index is 0.459. The fraction of sp³-hybridized carbons (Fsp3) is 0.800. The standard InChI is InChI=1S/C15H23N3/c1-18-3-2-16-14(18)10-17-15-7-11-4-12(8-15)6-13(5-11)9-15/h2-3,11-13,17H,4-10H2,1H3. The van der Waals surface area contributed by atoms with Crippen LogP contribution in [0.25, 0.3) is 0 Å². The van der Waals surface area contributed by atoms with Gasteiger partial charge in [-0.05, 0) is 56.3 Å². The highest BCUT2D eigenvalue weighted by atomic mass is 15.1. The van der Waals surface area contributed by atoms with Gasteiger partial charge in [0.05, 0.1) is 6.54 Å². The highest BCUT2D eigenvalue weighted by Gasteiger charge is 2.50. The summed E-state index contributed by atoms with van der Waals surface area (Å²) in [5.41, 5.74) is 0.459. The third kappa shape index (κ3) is 1.71. The molecule has 4 aliphatic carbocycles. The summed E-state index contributed by atoms with van der Waals surface area (Å²) in [6, 6.07) is 0. The molecule has 4 bridgehead atoms. The molecule has 1 N–H and O–H groups in total. The fourth-order valence-corrected chi connectivity index (χ4v) is 5.16. The molecule has 4 saturated carbocycles. The molecule has 3 heteroatoms. The van der Waals surface area contributed by atoms with Crippen LogP contribution in [0.4, 0.5) is 0 Å². The molecule has 1 aromatic heterocycles. The van der Waals surface area contributed by atoms with Crippen LogP contribution >= 0.6 is 0 Å². The molecule has 0 atom stereocenters. The lowest BCUT2D eigenvalue weighted by molar-refractivity contribution is -0.0209. The Balaban J connectivity index is 1.49. The normalized spacial score (nSPS) is 41.5. The zero-order valence-electron chi connectivity index (χ0n) is 11.2. The Morgan fingerprint density at radius 1 is 1.22 bits per heavy atom. The Morgan fingerprint density at radius 2 is 1.83 bits per heavy atom. The van der Waals surface area contributed by atoms with Gasteiger partial charge >= 0.3 is 0 Å².